The second-order valence-electron chi connectivity index (χ2n) is 10.2. The minimum atomic E-state index is -0.393. The maximum Gasteiger partial charge on any atom is 0.343 e. The van der Waals surface area contributed by atoms with Gasteiger partial charge in [-0.25, -0.2) is 9.59 Å². The fourth-order valence-corrected chi connectivity index (χ4v) is 5.61. The summed E-state index contributed by atoms with van der Waals surface area (Å²) in [7, 11) is 0. The van der Waals surface area contributed by atoms with Crippen molar-refractivity contribution in [1.29, 1.82) is 0 Å². The molecule has 0 unspecified atom stereocenters. The predicted octanol–water partition coefficient (Wildman–Crippen LogP) is 7.84. The first kappa shape index (κ1) is 24.3. The lowest BCUT2D eigenvalue weighted by atomic mass is 9.83. The highest BCUT2D eigenvalue weighted by Gasteiger charge is 2.25. The van der Waals surface area contributed by atoms with Gasteiger partial charge in [-0.2, -0.15) is 0 Å². The van der Waals surface area contributed by atoms with Gasteiger partial charge in [0.15, 0.2) is 0 Å². The molecule has 0 heterocycles. The van der Waals surface area contributed by atoms with E-state index in [1.165, 1.54) is 43.2 Å². The Labute approximate surface area is 213 Å². The van der Waals surface area contributed by atoms with Gasteiger partial charge in [0.05, 0.1) is 11.1 Å². The smallest absolute Gasteiger partial charge is 0.343 e. The first-order valence-electron chi connectivity index (χ1n) is 13.3. The molecular weight excluding hydrogens is 448 g/mol. The quantitative estimate of drug-likeness (QED) is 0.265. The summed E-state index contributed by atoms with van der Waals surface area (Å²) in [5.74, 6) is 0.843. The lowest BCUT2D eigenvalue weighted by molar-refractivity contribution is 0.0195. The van der Waals surface area contributed by atoms with Crippen molar-refractivity contribution in [3.8, 4) is 5.75 Å². The number of carbonyl (C=O) groups is 2. The second-order valence-corrected chi connectivity index (χ2v) is 10.2. The molecule has 36 heavy (non-hydrogen) atoms. The van der Waals surface area contributed by atoms with Crippen molar-refractivity contribution in [3.05, 3.63) is 101 Å². The van der Waals surface area contributed by atoms with Gasteiger partial charge in [0, 0.05) is 0 Å². The molecule has 2 aliphatic rings. The number of rotatable bonds is 6. The Bertz CT molecular complexity index is 1140. The predicted molar refractivity (Wildman–Crippen MR) is 141 cm³/mol. The van der Waals surface area contributed by atoms with Crippen LogP contribution in [-0.4, -0.2) is 18.0 Å². The second kappa shape index (κ2) is 11.6. The highest BCUT2D eigenvalue weighted by atomic mass is 16.5. The molecule has 5 rings (SSSR count). The summed E-state index contributed by atoms with van der Waals surface area (Å²) in [5, 5.41) is 0. The van der Waals surface area contributed by atoms with Gasteiger partial charge in [0.25, 0.3) is 0 Å². The van der Waals surface area contributed by atoms with Crippen LogP contribution in [0.25, 0.3) is 0 Å². The maximum atomic E-state index is 12.7. The Morgan fingerprint density at radius 1 is 0.556 bits per heavy atom. The summed E-state index contributed by atoms with van der Waals surface area (Å²) < 4.78 is 11.3. The minimum absolute atomic E-state index is 0.0495. The molecule has 0 radical (unpaired) electrons. The third-order valence-electron chi connectivity index (χ3n) is 7.74. The highest BCUT2D eigenvalue weighted by molar-refractivity contribution is 5.92. The van der Waals surface area contributed by atoms with E-state index in [-0.39, 0.29) is 12.1 Å². The third kappa shape index (κ3) is 6.04. The van der Waals surface area contributed by atoms with E-state index in [1.54, 1.807) is 24.3 Å². The van der Waals surface area contributed by atoms with Gasteiger partial charge < -0.3 is 9.47 Å². The Kier molecular flexibility index (Phi) is 7.80. The zero-order valence-corrected chi connectivity index (χ0v) is 20.7. The number of benzene rings is 3. The molecule has 0 bridgehead atoms. The van der Waals surface area contributed by atoms with Crippen molar-refractivity contribution in [3.63, 3.8) is 0 Å². The molecule has 2 saturated carbocycles. The minimum Gasteiger partial charge on any atom is -0.459 e. The number of hydrogen-bond donors (Lipinski definition) is 0. The molecule has 2 fully saturated rings. The standard InChI is InChI=1S/C32H34O4/c33-31(27-13-11-25(12-14-27)23-7-3-1-4-8-23)36-30-21-17-28(18-22-30)32(34)35-29-19-15-26(16-20-29)24-9-5-2-6-10-24/h2,5-6,9-14,17-18,21-23,26,29H,1,3-4,7-8,15-16,19-20H2. The fraction of sp³-hybridized carbons (Fsp3) is 0.375. The van der Waals surface area contributed by atoms with Crippen LogP contribution in [0.2, 0.25) is 0 Å². The van der Waals surface area contributed by atoms with Crippen LogP contribution in [0, 0.1) is 0 Å². The molecule has 186 valence electrons. The largest absolute Gasteiger partial charge is 0.459 e. The Morgan fingerprint density at radius 2 is 1.11 bits per heavy atom. The van der Waals surface area contributed by atoms with Crippen LogP contribution in [0.4, 0.5) is 0 Å². The summed E-state index contributed by atoms with van der Waals surface area (Å²) >= 11 is 0. The van der Waals surface area contributed by atoms with Gasteiger partial charge in [0.1, 0.15) is 11.9 Å². The monoisotopic (exact) mass is 482 g/mol. The molecule has 4 heteroatoms. The van der Waals surface area contributed by atoms with Crippen molar-refractivity contribution in [2.75, 3.05) is 0 Å². The molecular formula is C32H34O4. The molecule has 0 aliphatic heterocycles. The molecule has 0 aromatic heterocycles. The first-order chi connectivity index (χ1) is 17.7. The SMILES string of the molecule is O=C(Oc1ccc(C(=O)OC2CCC(c3ccccc3)CC2)cc1)c1ccc(C2CCCCC2)cc1. The zero-order valence-electron chi connectivity index (χ0n) is 20.7. The summed E-state index contributed by atoms with van der Waals surface area (Å²) in [6.07, 6.45) is 10.1. The first-order valence-corrected chi connectivity index (χ1v) is 13.3. The molecule has 2 aliphatic carbocycles. The van der Waals surface area contributed by atoms with Gasteiger partial charge in [0.2, 0.25) is 0 Å². The van der Waals surface area contributed by atoms with Gasteiger partial charge in [-0.1, -0.05) is 61.7 Å². The number of esters is 2. The van der Waals surface area contributed by atoms with Crippen LogP contribution in [0.5, 0.6) is 5.75 Å². The molecule has 0 spiro atoms. The van der Waals surface area contributed by atoms with Crippen molar-refractivity contribution in [2.24, 2.45) is 0 Å². The molecule has 0 atom stereocenters. The lowest BCUT2D eigenvalue weighted by Gasteiger charge is -2.28. The van der Waals surface area contributed by atoms with Crippen molar-refractivity contribution in [1.82, 2.24) is 0 Å². The van der Waals surface area contributed by atoms with Crippen LogP contribution in [0.1, 0.15) is 101 Å². The van der Waals surface area contributed by atoms with Crippen LogP contribution < -0.4 is 4.74 Å². The van der Waals surface area contributed by atoms with Crippen molar-refractivity contribution in [2.45, 2.75) is 75.7 Å². The number of hydrogen-bond acceptors (Lipinski definition) is 4. The number of carbonyl (C=O) groups excluding carboxylic acids is 2. The summed E-state index contributed by atoms with van der Waals surface area (Å²) in [4.78, 5) is 25.3. The summed E-state index contributed by atoms with van der Waals surface area (Å²) in [5.41, 5.74) is 3.68. The summed E-state index contributed by atoms with van der Waals surface area (Å²) in [6.45, 7) is 0. The molecule has 0 N–H and O–H groups in total. The van der Waals surface area contributed by atoms with E-state index in [0.29, 0.717) is 28.7 Å². The highest BCUT2D eigenvalue weighted by Crippen LogP contribution is 2.34. The van der Waals surface area contributed by atoms with Crippen LogP contribution >= 0.6 is 0 Å². The van der Waals surface area contributed by atoms with Gasteiger partial charge in [-0.3, -0.25) is 0 Å². The zero-order chi connectivity index (χ0) is 24.7. The van der Waals surface area contributed by atoms with Gasteiger partial charge in [-0.15, -0.1) is 0 Å². The van der Waals surface area contributed by atoms with E-state index in [4.69, 9.17) is 9.47 Å². The van der Waals surface area contributed by atoms with Crippen LogP contribution in [0.3, 0.4) is 0 Å². The number of ether oxygens (including phenoxy) is 2. The van der Waals surface area contributed by atoms with E-state index < -0.39 is 5.97 Å². The Hall–Kier alpha value is -3.40. The molecule has 4 nitrogen and oxygen atoms in total. The fourth-order valence-electron chi connectivity index (χ4n) is 5.61. The van der Waals surface area contributed by atoms with E-state index in [1.807, 2.05) is 18.2 Å². The van der Waals surface area contributed by atoms with Crippen LogP contribution in [-0.2, 0) is 4.74 Å². The average Bonchev–Trinajstić information content (AvgIpc) is 2.95. The lowest BCUT2D eigenvalue weighted by Crippen LogP contribution is -2.24. The molecule has 0 saturated heterocycles. The normalized spacial score (nSPS) is 20.4. The topological polar surface area (TPSA) is 52.6 Å². The van der Waals surface area contributed by atoms with Crippen molar-refractivity contribution >= 4 is 11.9 Å². The van der Waals surface area contributed by atoms with Crippen molar-refractivity contribution < 1.29 is 19.1 Å². The Balaban J connectivity index is 1.11. The van der Waals surface area contributed by atoms with Gasteiger partial charge in [-0.05, 0) is 97.9 Å². The molecule has 3 aromatic carbocycles. The Morgan fingerprint density at radius 3 is 1.78 bits per heavy atom. The average molecular weight is 483 g/mol. The molecule has 3 aromatic rings. The van der Waals surface area contributed by atoms with E-state index in [9.17, 15) is 9.59 Å². The van der Waals surface area contributed by atoms with E-state index in [0.717, 1.165) is 25.7 Å². The van der Waals surface area contributed by atoms with E-state index >= 15 is 0 Å². The maximum absolute atomic E-state index is 12.7. The molecule has 0 amide bonds. The van der Waals surface area contributed by atoms with E-state index in [2.05, 4.69) is 36.4 Å². The summed E-state index contributed by atoms with van der Waals surface area (Å²) in [6, 6.07) is 25.0. The third-order valence-corrected chi connectivity index (χ3v) is 7.74. The van der Waals surface area contributed by atoms with Gasteiger partial charge >= 0.3 is 11.9 Å². The van der Waals surface area contributed by atoms with Crippen LogP contribution in [0.15, 0.2) is 78.9 Å².